The Labute approximate surface area is 93.4 Å². The fraction of sp³-hybridized carbons (Fsp3) is 0. The van der Waals surface area contributed by atoms with E-state index < -0.39 is 16.4 Å². The lowest BCUT2D eigenvalue weighted by Crippen LogP contribution is -2.02. The van der Waals surface area contributed by atoms with Gasteiger partial charge in [-0.3, -0.25) is 10.1 Å². The predicted molar refractivity (Wildman–Crippen MR) is 53.0 cm³/mol. The Morgan fingerprint density at radius 3 is 2.56 bits per heavy atom. The van der Waals surface area contributed by atoms with E-state index >= 15 is 0 Å². The lowest BCUT2D eigenvalue weighted by molar-refractivity contribution is -0.387. The van der Waals surface area contributed by atoms with Gasteiger partial charge in [-0.15, -0.1) is 4.80 Å². The summed E-state index contributed by atoms with van der Waals surface area (Å²) in [6, 6.07) is 1.84. The first-order valence-electron chi connectivity index (χ1n) is 4.09. The van der Waals surface area contributed by atoms with Gasteiger partial charge in [0, 0.05) is 12.1 Å². The van der Waals surface area contributed by atoms with Gasteiger partial charge in [0.25, 0.3) is 0 Å². The van der Waals surface area contributed by atoms with Crippen LogP contribution in [-0.4, -0.2) is 19.9 Å². The van der Waals surface area contributed by atoms with Gasteiger partial charge >= 0.3 is 5.69 Å². The second kappa shape index (κ2) is 3.86. The van der Waals surface area contributed by atoms with Gasteiger partial charge in [-0.05, 0) is 0 Å². The van der Waals surface area contributed by atoms with Crippen LogP contribution >= 0.6 is 11.6 Å². The molecular formula is C8H4ClFN4O2. The van der Waals surface area contributed by atoms with Crippen molar-refractivity contribution in [1.82, 2.24) is 15.0 Å². The minimum absolute atomic E-state index is 0.00398. The number of hydrogen-bond acceptors (Lipinski definition) is 4. The van der Waals surface area contributed by atoms with Gasteiger partial charge in [-0.2, -0.15) is 14.6 Å². The highest BCUT2D eigenvalue weighted by Crippen LogP contribution is 2.27. The van der Waals surface area contributed by atoms with Crippen molar-refractivity contribution in [3.63, 3.8) is 0 Å². The number of rotatable bonds is 2. The largest absolute Gasteiger partial charge is 0.306 e. The summed E-state index contributed by atoms with van der Waals surface area (Å²) in [6.07, 6.45) is 2.77. The first-order chi connectivity index (χ1) is 7.59. The summed E-state index contributed by atoms with van der Waals surface area (Å²) in [5.41, 5.74) is -0.532. The molecule has 1 heterocycles. The molecule has 6 nitrogen and oxygen atoms in total. The van der Waals surface area contributed by atoms with Gasteiger partial charge in [-0.25, -0.2) is 0 Å². The summed E-state index contributed by atoms with van der Waals surface area (Å²) >= 11 is 5.76. The van der Waals surface area contributed by atoms with Crippen molar-refractivity contribution >= 4 is 17.3 Å². The van der Waals surface area contributed by atoms with E-state index in [2.05, 4.69) is 10.2 Å². The quantitative estimate of drug-likeness (QED) is 0.596. The van der Waals surface area contributed by atoms with Crippen LogP contribution in [0.25, 0.3) is 5.69 Å². The van der Waals surface area contributed by atoms with Crippen molar-refractivity contribution in [2.75, 3.05) is 0 Å². The molecule has 0 aliphatic rings. The average molecular weight is 243 g/mol. The van der Waals surface area contributed by atoms with E-state index in [1.807, 2.05) is 0 Å². The Morgan fingerprint density at radius 2 is 2.00 bits per heavy atom. The molecule has 0 aliphatic carbocycles. The molecule has 1 aromatic carbocycles. The van der Waals surface area contributed by atoms with Crippen LogP contribution in [0.15, 0.2) is 24.5 Å². The van der Waals surface area contributed by atoms with E-state index in [1.54, 1.807) is 0 Å². The van der Waals surface area contributed by atoms with Gasteiger partial charge in [0.05, 0.1) is 22.3 Å². The van der Waals surface area contributed by atoms with Gasteiger partial charge in [0.1, 0.15) is 5.69 Å². The van der Waals surface area contributed by atoms with Crippen molar-refractivity contribution < 1.29 is 9.31 Å². The normalized spacial score (nSPS) is 10.4. The topological polar surface area (TPSA) is 73.8 Å². The molecule has 0 atom stereocenters. The summed E-state index contributed by atoms with van der Waals surface area (Å²) < 4.78 is 13.3. The standard InChI is InChI=1S/C8H4ClFN4O2/c9-5-3-8(14(15)16)6(10)4-7(5)13-11-1-2-12-13/h1-4H. The van der Waals surface area contributed by atoms with Gasteiger partial charge in [0.15, 0.2) is 0 Å². The van der Waals surface area contributed by atoms with Gasteiger partial charge in [-0.1, -0.05) is 11.6 Å². The van der Waals surface area contributed by atoms with Gasteiger partial charge < -0.3 is 0 Å². The lowest BCUT2D eigenvalue weighted by Gasteiger charge is -2.03. The number of nitrogens with zero attached hydrogens (tertiary/aromatic N) is 4. The molecule has 0 fully saturated rings. The summed E-state index contributed by atoms with van der Waals surface area (Å²) in [5, 5.41) is 17.9. The molecule has 0 amide bonds. The molecule has 0 bridgehead atoms. The number of nitro groups is 1. The Balaban J connectivity index is 2.59. The Hall–Kier alpha value is -2.02. The van der Waals surface area contributed by atoms with E-state index in [1.165, 1.54) is 12.4 Å². The molecule has 0 saturated carbocycles. The van der Waals surface area contributed by atoms with Crippen molar-refractivity contribution in [3.05, 3.63) is 45.5 Å². The maximum absolute atomic E-state index is 13.3. The molecule has 8 heteroatoms. The minimum atomic E-state index is -0.985. The first-order valence-corrected chi connectivity index (χ1v) is 4.47. The number of aromatic nitrogens is 3. The molecule has 16 heavy (non-hydrogen) atoms. The zero-order valence-electron chi connectivity index (χ0n) is 7.67. The third-order valence-electron chi connectivity index (χ3n) is 1.85. The van der Waals surface area contributed by atoms with E-state index in [0.717, 1.165) is 16.9 Å². The molecule has 2 rings (SSSR count). The van der Waals surface area contributed by atoms with Crippen molar-refractivity contribution in [3.8, 4) is 5.69 Å². The molecule has 0 unspecified atom stereocenters. The smallest absolute Gasteiger partial charge is 0.258 e. The Morgan fingerprint density at radius 1 is 1.38 bits per heavy atom. The highest BCUT2D eigenvalue weighted by molar-refractivity contribution is 6.32. The van der Waals surface area contributed by atoms with Crippen LogP contribution in [0.5, 0.6) is 0 Å². The predicted octanol–water partition coefficient (Wildman–Crippen LogP) is 1.97. The molecule has 0 spiro atoms. The Kier molecular flexibility index (Phi) is 2.53. The monoisotopic (exact) mass is 242 g/mol. The zero-order chi connectivity index (χ0) is 11.7. The highest BCUT2D eigenvalue weighted by atomic mass is 35.5. The van der Waals surface area contributed by atoms with E-state index in [-0.39, 0.29) is 10.7 Å². The molecular weight excluding hydrogens is 239 g/mol. The number of benzene rings is 1. The van der Waals surface area contributed by atoms with Crippen LogP contribution in [0.4, 0.5) is 10.1 Å². The van der Waals surface area contributed by atoms with Crippen LogP contribution in [0.2, 0.25) is 5.02 Å². The highest BCUT2D eigenvalue weighted by Gasteiger charge is 2.18. The summed E-state index contributed by atoms with van der Waals surface area (Å²) in [6.45, 7) is 0. The van der Waals surface area contributed by atoms with Crippen molar-refractivity contribution in [1.29, 1.82) is 0 Å². The molecule has 2 aromatic rings. The Bertz CT molecular complexity index is 543. The summed E-state index contributed by atoms with van der Waals surface area (Å²) in [7, 11) is 0. The number of hydrogen-bond donors (Lipinski definition) is 0. The van der Waals surface area contributed by atoms with Crippen molar-refractivity contribution in [2.24, 2.45) is 0 Å². The fourth-order valence-electron chi connectivity index (χ4n) is 1.16. The molecule has 1 aromatic heterocycles. The summed E-state index contributed by atoms with van der Waals surface area (Å²) in [4.78, 5) is 10.7. The summed E-state index contributed by atoms with van der Waals surface area (Å²) in [5.74, 6) is -0.985. The third kappa shape index (κ3) is 1.72. The molecule has 0 aliphatic heterocycles. The lowest BCUT2D eigenvalue weighted by atomic mass is 10.2. The number of nitro benzene ring substituents is 1. The third-order valence-corrected chi connectivity index (χ3v) is 2.15. The van der Waals surface area contributed by atoms with E-state index in [4.69, 9.17) is 11.6 Å². The van der Waals surface area contributed by atoms with Crippen LogP contribution in [0.3, 0.4) is 0 Å². The zero-order valence-corrected chi connectivity index (χ0v) is 8.43. The number of halogens is 2. The van der Waals surface area contributed by atoms with E-state index in [9.17, 15) is 14.5 Å². The fourth-order valence-corrected chi connectivity index (χ4v) is 1.39. The molecule has 82 valence electrons. The van der Waals surface area contributed by atoms with Crippen LogP contribution in [0.1, 0.15) is 0 Å². The van der Waals surface area contributed by atoms with Crippen LogP contribution in [-0.2, 0) is 0 Å². The molecule has 0 radical (unpaired) electrons. The van der Waals surface area contributed by atoms with Crippen molar-refractivity contribution in [2.45, 2.75) is 0 Å². The van der Waals surface area contributed by atoms with E-state index in [0.29, 0.717) is 0 Å². The maximum atomic E-state index is 13.3. The minimum Gasteiger partial charge on any atom is -0.258 e. The first kappa shape index (κ1) is 10.5. The van der Waals surface area contributed by atoms with Crippen LogP contribution in [0, 0.1) is 15.9 Å². The molecule has 0 N–H and O–H groups in total. The second-order valence-corrected chi connectivity index (χ2v) is 3.24. The average Bonchev–Trinajstić information content (AvgIpc) is 2.73. The molecule has 0 saturated heterocycles. The maximum Gasteiger partial charge on any atom is 0.306 e. The second-order valence-electron chi connectivity index (χ2n) is 2.83. The SMILES string of the molecule is O=[N+]([O-])c1cc(Cl)c(-n2nccn2)cc1F. The van der Waals surface area contributed by atoms with Gasteiger partial charge in [0.2, 0.25) is 5.82 Å². The van der Waals surface area contributed by atoms with Crippen LogP contribution < -0.4 is 0 Å².